The van der Waals surface area contributed by atoms with Crippen molar-refractivity contribution in [1.29, 1.82) is 0 Å². The Bertz CT molecular complexity index is 421. The van der Waals surface area contributed by atoms with Crippen LogP contribution < -0.4 is 0 Å². The van der Waals surface area contributed by atoms with Crippen molar-refractivity contribution in [3.63, 3.8) is 0 Å². The molecule has 1 unspecified atom stereocenters. The molecule has 1 saturated heterocycles. The number of carbonyl (C=O) groups excluding carboxylic acids is 1. The number of carbonyl (C=O) groups is 1. The Morgan fingerprint density at radius 2 is 1.69 bits per heavy atom. The summed E-state index contributed by atoms with van der Waals surface area (Å²) in [6.45, 7) is 19.8. The number of hydrogen-bond donors (Lipinski definition) is 0. The number of piperidine rings is 1. The van der Waals surface area contributed by atoms with E-state index in [9.17, 15) is 4.79 Å². The maximum atomic E-state index is 12.1. The zero-order valence-electron chi connectivity index (χ0n) is 18.2. The summed E-state index contributed by atoms with van der Waals surface area (Å²) in [5.74, 6) is 0.527. The van der Waals surface area contributed by atoms with Gasteiger partial charge in [0.2, 0.25) is 9.04 Å². The molecule has 1 atom stereocenters. The summed E-state index contributed by atoms with van der Waals surface area (Å²) in [4.78, 5) is 13.9. The predicted molar refractivity (Wildman–Crippen MR) is 108 cm³/mol. The predicted octanol–water partition coefficient (Wildman–Crippen LogP) is 4.72. The van der Waals surface area contributed by atoms with Gasteiger partial charge in [0.1, 0.15) is 5.60 Å². The first-order chi connectivity index (χ1) is 11.9. The smallest absolute Gasteiger partial charge is 0.410 e. The Kier molecular flexibility index (Phi) is 9.10. The number of ether oxygens (including phenoxy) is 2. The van der Waals surface area contributed by atoms with Crippen molar-refractivity contribution in [3.8, 4) is 0 Å². The van der Waals surface area contributed by atoms with Gasteiger partial charge in [-0.15, -0.1) is 0 Å². The lowest BCUT2D eigenvalue weighted by Gasteiger charge is -2.34. The molecule has 1 heterocycles. The highest BCUT2D eigenvalue weighted by Gasteiger charge is 2.28. The molecule has 1 fully saturated rings. The van der Waals surface area contributed by atoms with Gasteiger partial charge in [0.05, 0.1) is 6.10 Å². The highest BCUT2D eigenvalue weighted by Crippen LogP contribution is 2.26. The molecule has 1 aliphatic rings. The van der Waals surface area contributed by atoms with Crippen LogP contribution in [0.4, 0.5) is 4.79 Å². The molecule has 6 heteroatoms. The van der Waals surface area contributed by atoms with Crippen LogP contribution in [0, 0.1) is 11.3 Å². The zero-order valence-corrected chi connectivity index (χ0v) is 19.2. The van der Waals surface area contributed by atoms with Gasteiger partial charge in [-0.2, -0.15) is 0 Å². The van der Waals surface area contributed by atoms with Gasteiger partial charge in [0.15, 0.2) is 0 Å². The van der Waals surface area contributed by atoms with Crippen LogP contribution in [0.3, 0.4) is 0 Å². The normalized spacial score (nSPS) is 18.3. The second-order valence-electron chi connectivity index (χ2n) is 9.66. The largest absolute Gasteiger partial charge is 0.444 e. The number of likely N-dealkylation sites (tertiary alicyclic amines) is 1. The summed E-state index contributed by atoms with van der Waals surface area (Å²) < 4.78 is 17.5. The quantitative estimate of drug-likeness (QED) is 0.469. The van der Waals surface area contributed by atoms with Crippen molar-refractivity contribution in [3.05, 3.63) is 0 Å². The first-order valence-electron chi connectivity index (χ1n) is 9.91. The van der Waals surface area contributed by atoms with E-state index in [1.807, 2.05) is 25.7 Å². The maximum absolute atomic E-state index is 12.1. The molecule has 0 saturated carbocycles. The molecule has 0 aliphatic carbocycles. The summed E-state index contributed by atoms with van der Waals surface area (Å²) in [6.07, 6.45) is 2.96. The van der Waals surface area contributed by atoms with Crippen molar-refractivity contribution in [2.24, 2.45) is 11.3 Å². The molecule has 0 aromatic carbocycles. The Balaban J connectivity index is 2.26. The molecule has 153 valence electrons. The van der Waals surface area contributed by atoms with Crippen molar-refractivity contribution in [2.75, 3.05) is 26.3 Å². The molecule has 0 N–H and O–H groups in total. The average molecular weight is 387 g/mol. The van der Waals surface area contributed by atoms with Crippen molar-refractivity contribution < 1.29 is 18.7 Å². The monoisotopic (exact) mass is 386 g/mol. The minimum atomic E-state index is -0.704. The topological polar surface area (TPSA) is 48.0 Å². The Morgan fingerprint density at radius 1 is 1.12 bits per heavy atom. The van der Waals surface area contributed by atoms with E-state index in [0.29, 0.717) is 5.92 Å². The van der Waals surface area contributed by atoms with Crippen molar-refractivity contribution >= 4 is 15.1 Å². The second kappa shape index (κ2) is 10.1. The first-order valence-corrected chi connectivity index (χ1v) is 12.3. The maximum Gasteiger partial charge on any atom is 0.410 e. The van der Waals surface area contributed by atoms with Crippen LogP contribution in [0.1, 0.15) is 60.8 Å². The molecule has 1 radical (unpaired) electrons. The van der Waals surface area contributed by atoms with Gasteiger partial charge in [-0.25, -0.2) is 4.79 Å². The van der Waals surface area contributed by atoms with Crippen LogP contribution in [0.15, 0.2) is 0 Å². The van der Waals surface area contributed by atoms with E-state index < -0.39 is 14.6 Å². The van der Waals surface area contributed by atoms with Crippen molar-refractivity contribution in [1.82, 2.24) is 4.90 Å². The van der Waals surface area contributed by atoms with Crippen molar-refractivity contribution in [2.45, 2.75) is 85.6 Å². The van der Waals surface area contributed by atoms with Gasteiger partial charge in [0.25, 0.3) is 0 Å². The number of nitrogens with zero attached hydrogens (tertiary/aromatic N) is 1. The Labute approximate surface area is 162 Å². The third-order valence-corrected chi connectivity index (χ3v) is 5.24. The third-order valence-electron chi connectivity index (χ3n) is 4.49. The summed E-state index contributed by atoms with van der Waals surface area (Å²) in [7, 11) is -0.704. The summed E-state index contributed by atoms with van der Waals surface area (Å²) in [5, 5.41) is 0. The SMILES string of the molecule is C[Si](C)OC(CCOCC1CCN(C(=O)OC(C)(C)C)CC1)C(C)(C)C. The fourth-order valence-electron chi connectivity index (χ4n) is 3.00. The molecule has 1 aliphatic heterocycles. The first kappa shape index (κ1) is 23.4. The number of rotatable bonds is 7. The summed E-state index contributed by atoms with van der Waals surface area (Å²) in [5.41, 5.74) is -0.287. The van der Waals surface area contributed by atoms with Gasteiger partial charge in [-0.3, -0.25) is 0 Å². The molecule has 0 spiro atoms. The molecule has 0 bridgehead atoms. The molecule has 26 heavy (non-hydrogen) atoms. The molecule has 0 aromatic heterocycles. The number of amides is 1. The van der Waals surface area contributed by atoms with Gasteiger partial charge >= 0.3 is 6.09 Å². The minimum absolute atomic E-state index is 0.143. The minimum Gasteiger partial charge on any atom is -0.444 e. The van der Waals surface area contributed by atoms with E-state index in [2.05, 4.69) is 33.9 Å². The van der Waals surface area contributed by atoms with E-state index >= 15 is 0 Å². The fourth-order valence-corrected chi connectivity index (χ4v) is 4.04. The van der Waals surface area contributed by atoms with E-state index in [1.165, 1.54) is 0 Å². The van der Waals surface area contributed by atoms with E-state index in [1.54, 1.807) is 0 Å². The van der Waals surface area contributed by atoms with Gasteiger partial charge < -0.3 is 18.8 Å². The lowest BCUT2D eigenvalue weighted by Crippen LogP contribution is -2.42. The van der Waals surface area contributed by atoms with Crippen LogP contribution in [0.5, 0.6) is 0 Å². The lowest BCUT2D eigenvalue weighted by atomic mass is 9.87. The summed E-state index contributed by atoms with van der Waals surface area (Å²) >= 11 is 0. The molecule has 1 amide bonds. The highest BCUT2D eigenvalue weighted by molar-refractivity contribution is 6.48. The van der Waals surface area contributed by atoms with Gasteiger partial charge in [-0.1, -0.05) is 20.8 Å². The Morgan fingerprint density at radius 3 is 2.15 bits per heavy atom. The Hall–Kier alpha value is -0.593. The second-order valence-corrected chi connectivity index (χ2v) is 11.7. The molecule has 5 nitrogen and oxygen atoms in total. The molecular weight excluding hydrogens is 346 g/mol. The fraction of sp³-hybridized carbons (Fsp3) is 0.950. The van der Waals surface area contributed by atoms with E-state index in [4.69, 9.17) is 13.9 Å². The van der Waals surface area contributed by atoms with Crippen LogP contribution in [0.2, 0.25) is 13.1 Å². The third kappa shape index (κ3) is 9.37. The van der Waals surface area contributed by atoms with Crippen LogP contribution in [0.25, 0.3) is 0 Å². The number of hydrogen-bond acceptors (Lipinski definition) is 4. The van der Waals surface area contributed by atoms with E-state index in [-0.39, 0.29) is 17.6 Å². The summed E-state index contributed by atoms with van der Waals surface area (Å²) in [6, 6.07) is 0. The van der Waals surface area contributed by atoms with Crippen LogP contribution in [-0.2, 0) is 13.9 Å². The van der Waals surface area contributed by atoms with E-state index in [0.717, 1.165) is 45.6 Å². The molecule has 1 rings (SSSR count). The van der Waals surface area contributed by atoms with Crippen LogP contribution >= 0.6 is 0 Å². The highest BCUT2D eigenvalue weighted by atomic mass is 28.3. The molecular formula is C20H40NO4Si. The molecule has 0 aromatic rings. The average Bonchev–Trinajstić information content (AvgIpc) is 2.47. The van der Waals surface area contributed by atoms with Gasteiger partial charge in [0, 0.05) is 26.3 Å². The lowest BCUT2D eigenvalue weighted by molar-refractivity contribution is 0.00481. The standard InChI is InChI=1S/C20H40NO4Si/c1-19(2,3)17(25-26(7)8)11-14-23-15-16-9-12-21(13-10-16)18(22)24-20(4,5)6/h16-17H,9-15H2,1-8H3. The van der Waals surface area contributed by atoms with Crippen LogP contribution in [-0.4, -0.2) is 58.0 Å². The zero-order chi connectivity index (χ0) is 20.0. The van der Waals surface area contributed by atoms with Gasteiger partial charge in [-0.05, 0) is 64.5 Å².